The normalized spacial score (nSPS) is 17.7. The first-order valence-electron chi connectivity index (χ1n) is 8.36. The minimum absolute atomic E-state index is 0.324. The second-order valence-corrected chi connectivity index (χ2v) is 6.54. The monoisotopic (exact) mass is 349 g/mol. The van der Waals surface area contributed by atoms with Gasteiger partial charge >= 0.3 is 0 Å². The van der Waals surface area contributed by atoms with E-state index in [4.69, 9.17) is 21.1 Å². The quantitative estimate of drug-likeness (QED) is 0.770. The average Bonchev–Trinajstić information content (AvgIpc) is 2.95. The third kappa shape index (κ3) is 4.29. The van der Waals surface area contributed by atoms with Crippen LogP contribution in [0.25, 0.3) is 0 Å². The number of halogens is 1. The molecule has 3 rings (SSSR count). The summed E-state index contributed by atoms with van der Waals surface area (Å²) < 4.78 is 13.4. The first-order chi connectivity index (χ1) is 11.7. The van der Waals surface area contributed by atoms with E-state index in [9.17, 15) is 0 Å². The molecule has 5 nitrogen and oxygen atoms in total. The third-order valence-electron chi connectivity index (χ3n) is 4.21. The Morgan fingerprint density at radius 3 is 2.83 bits per heavy atom. The molecule has 0 bridgehead atoms. The summed E-state index contributed by atoms with van der Waals surface area (Å²) in [5.74, 6) is 1.18. The Kier molecular flexibility index (Phi) is 5.76. The van der Waals surface area contributed by atoms with Crippen LogP contribution in [0.5, 0.6) is 5.75 Å². The number of benzene rings is 1. The molecule has 130 valence electrons. The Hall–Kier alpha value is -1.56. The second kappa shape index (κ2) is 8.01. The van der Waals surface area contributed by atoms with Gasteiger partial charge in [0.15, 0.2) is 0 Å². The molecule has 0 saturated carbocycles. The number of nitrogens with zero attached hydrogens (tertiary/aromatic N) is 3. The fraction of sp³-hybridized carbons (Fsp3) is 0.500. The van der Waals surface area contributed by atoms with Crippen LogP contribution in [0.2, 0.25) is 5.02 Å². The van der Waals surface area contributed by atoms with Crippen LogP contribution in [0, 0.1) is 0 Å². The zero-order chi connectivity index (χ0) is 16.9. The molecule has 2 heterocycles. The molecular weight excluding hydrogens is 326 g/mol. The van der Waals surface area contributed by atoms with Crippen molar-refractivity contribution in [3.05, 3.63) is 46.7 Å². The molecule has 1 aromatic carbocycles. The van der Waals surface area contributed by atoms with Crippen molar-refractivity contribution in [1.29, 1.82) is 0 Å². The van der Waals surface area contributed by atoms with Crippen molar-refractivity contribution in [2.24, 2.45) is 7.05 Å². The number of hydrogen-bond donors (Lipinski definition) is 0. The van der Waals surface area contributed by atoms with Gasteiger partial charge in [0.1, 0.15) is 12.4 Å². The van der Waals surface area contributed by atoms with Gasteiger partial charge < -0.3 is 9.47 Å². The zero-order valence-corrected chi connectivity index (χ0v) is 15.0. The number of hydrogen-bond acceptors (Lipinski definition) is 4. The number of aryl methyl sites for hydroxylation is 1. The molecule has 6 heteroatoms. The molecule has 1 aromatic heterocycles. The van der Waals surface area contributed by atoms with Crippen LogP contribution in [0.3, 0.4) is 0 Å². The van der Waals surface area contributed by atoms with E-state index < -0.39 is 0 Å². The van der Waals surface area contributed by atoms with Gasteiger partial charge in [-0.2, -0.15) is 5.10 Å². The summed E-state index contributed by atoms with van der Waals surface area (Å²) in [6.45, 7) is 6.87. The molecule has 0 amide bonds. The highest BCUT2D eigenvalue weighted by Crippen LogP contribution is 2.27. The van der Waals surface area contributed by atoms with Gasteiger partial charge in [-0.05, 0) is 31.2 Å². The summed E-state index contributed by atoms with van der Waals surface area (Å²) in [6, 6.07) is 7.49. The van der Waals surface area contributed by atoms with Gasteiger partial charge in [0.25, 0.3) is 0 Å². The Labute approximate surface area is 148 Å². The Balaban J connectivity index is 1.57. The highest BCUT2D eigenvalue weighted by Gasteiger charge is 2.28. The van der Waals surface area contributed by atoms with Crippen molar-refractivity contribution >= 4 is 11.6 Å². The Morgan fingerprint density at radius 2 is 2.08 bits per heavy atom. The van der Waals surface area contributed by atoms with Crippen LogP contribution in [0.1, 0.15) is 24.1 Å². The summed E-state index contributed by atoms with van der Waals surface area (Å²) >= 11 is 5.89. The molecule has 1 unspecified atom stereocenters. The minimum Gasteiger partial charge on any atom is -0.492 e. The molecule has 0 saturated heterocycles. The Bertz CT molecular complexity index is 657. The summed E-state index contributed by atoms with van der Waals surface area (Å²) in [4.78, 5) is 2.41. The van der Waals surface area contributed by atoms with E-state index in [-0.39, 0.29) is 0 Å². The van der Waals surface area contributed by atoms with Crippen molar-refractivity contribution in [1.82, 2.24) is 14.7 Å². The van der Waals surface area contributed by atoms with E-state index in [2.05, 4.69) is 16.2 Å². The van der Waals surface area contributed by atoms with E-state index in [0.29, 0.717) is 12.5 Å². The third-order valence-corrected chi connectivity index (χ3v) is 4.46. The lowest BCUT2D eigenvalue weighted by Crippen LogP contribution is -2.37. The summed E-state index contributed by atoms with van der Waals surface area (Å²) in [5.41, 5.74) is 2.47. The summed E-state index contributed by atoms with van der Waals surface area (Å²) in [7, 11) is 1.98. The lowest BCUT2D eigenvalue weighted by molar-refractivity contribution is 0.100. The van der Waals surface area contributed by atoms with Gasteiger partial charge in [-0.3, -0.25) is 9.58 Å². The van der Waals surface area contributed by atoms with Crippen LogP contribution in [-0.4, -0.2) is 47.6 Å². The minimum atomic E-state index is 0.324. The number of aromatic nitrogens is 2. The standard InChI is InChI=1S/C18H24ClN3O2/c1-3-23-13-15-12-22(11-14-10-21(2)20-18(14)15)8-9-24-17-6-4-16(19)5-7-17/h4-7,10,15H,3,8-9,11-13H2,1-2H3. The SMILES string of the molecule is CCOCC1CN(CCOc2ccc(Cl)cc2)Cc2cn(C)nc21. The number of rotatable bonds is 7. The predicted octanol–water partition coefficient (Wildman–Crippen LogP) is 3.09. The van der Waals surface area contributed by atoms with Gasteiger partial charge in [0.2, 0.25) is 0 Å². The maximum Gasteiger partial charge on any atom is 0.119 e. The predicted molar refractivity (Wildman–Crippen MR) is 94.7 cm³/mol. The molecule has 0 radical (unpaired) electrons. The molecule has 0 fully saturated rings. The fourth-order valence-corrected chi connectivity index (χ4v) is 3.24. The van der Waals surface area contributed by atoms with E-state index >= 15 is 0 Å². The molecular formula is C18H24ClN3O2. The van der Waals surface area contributed by atoms with Crippen molar-refractivity contribution in [3.8, 4) is 5.75 Å². The van der Waals surface area contributed by atoms with Crippen LogP contribution in [-0.2, 0) is 18.3 Å². The van der Waals surface area contributed by atoms with Crippen molar-refractivity contribution in [3.63, 3.8) is 0 Å². The first kappa shape index (κ1) is 17.3. The largest absolute Gasteiger partial charge is 0.492 e. The van der Waals surface area contributed by atoms with E-state index in [1.54, 1.807) is 0 Å². The zero-order valence-electron chi connectivity index (χ0n) is 14.2. The van der Waals surface area contributed by atoms with E-state index in [0.717, 1.165) is 43.6 Å². The van der Waals surface area contributed by atoms with Crippen molar-refractivity contribution in [2.75, 3.05) is 32.9 Å². The van der Waals surface area contributed by atoms with Crippen LogP contribution < -0.4 is 4.74 Å². The topological polar surface area (TPSA) is 39.5 Å². The van der Waals surface area contributed by atoms with Crippen LogP contribution >= 0.6 is 11.6 Å². The Morgan fingerprint density at radius 1 is 1.29 bits per heavy atom. The molecule has 0 aliphatic carbocycles. The lowest BCUT2D eigenvalue weighted by Gasteiger charge is -2.31. The maximum absolute atomic E-state index is 5.89. The van der Waals surface area contributed by atoms with Gasteiger partial charge in [0, 0.05) is 56.0 Å². The molecule has 0 spiro atoms. The lowest BCUT2D eigenvalue weighted by atomic mass is 9.97. The van der Waals surface area contributed by atoms with Crippen LogP contribution in [0.15, 0.2) is 30.5 Å². The second-order valence-electron chi connectivity index (χ2n) is 6.11. The molecule has 2 aromatic rings. The first-order valence-corrected chi connectivity index (χ1v) is 8.74. The van der Waals surface area contributed by atoms with Gasteiger partial charge in [-0.1, -0.05) is 11.6 Å². The van der Waals surface area contributed by atoms with Gasteiger partial charge in [-0.25, -0.2) is 0 Å². The molecule has 1 aliphatic rings. The van der Waals surface area contributed by atoms with Crippen LogP contribution in [0.4, 0.5) is 0 Å². The highest BCUT2D eigenvalue weighted by atomic mass is 35.5. The molecule has 1 atom stereocenters. The average molecular weight is 350 g/mol. The highest BCUT2D eigenvalue weighted by molar-refractivity contribution is 6.30. The number of fused-ring (bicyclic) bond motifs is 1. The molecule has 24 heavy (non-hydrogen) atoms. The smallest absolute Gasteiger partial charge is 0.119 e. The molecule has 0 N–H and O–H groups in total. The van der Waals surface area contributed by atoms with E-state index in [1.807, 2.05) is 42.9 Å². The summed E-state index contributed by atoms with van der Waals surface area (Å²) in [6.07, 6.45) is 2.11. The van der Waals surface area contributed by atoms with E-state index in [1.165, 1.54) is 11.3 Å². The number of ether oxygens (including phenoxy) is 2. The maximum atomic E-state index is 5.89. The fourth-order valence-electron chi connectivity index (χ4n) is 3.11. The van der Waals surface area contributed by atoms with Gasteiger partial charge in [-0.15, -0.1) is 0 Å². The van der Waals surface area contributed by atoms with Gasteiger partial charge in [0.05, 0.1) is 12.3 Å². The van der Waals surface area contributed by atoms with Crippen molar-refractivity contribution < 1.29 is 9.47 Å². The summed E-state index contributed by atoms with van der Waals surface area (Å²) in [5, 5.41) is 5.35. The van der Waals surface area contributed by atoms with Crippen molar-refractivity contribution in [2.45, 2.75) is 19.4 Å². The molecule has 1 aliphatic heterocycles.